The second-order valence-corrected chi connectivity index (χ2v) is 6.95. The average Bonchev–Trinajstić information content (AvgIpc) is 3.22. The first-order chi connectivity index (χ1) is 14.5. The van der Waals surface area contributed by atoms with Crippen LogP contribution in [0.1, 0.15) is 36.9 Å². The van der Waals surface area contributed by atoms with E-state index >= 15 is 0 Å². The Labute approximate surface area is 174 Å². The maximum absolute atomic E-state index is 12.7. The minimum absolute atomic E-state index is 0.138. The second-order valence-electron chi connectivity index (χ2n) is 6.95. The number of amides is 1. The molecule has 0 atom stereocenters. The van der Waals surface area contributed by atoms with Crippen molar-refractivity contribution in [2.75, 3.05) is 7.11 Å². The Kier molecular flexibility index (Phi) is 7.00. The average molecular weight is 410 g/mol. The molecule has 8 nitrogen and oxygen atoms in total. The Morgan fingerprint density at radius 3 is 2.80 bits per heavy atom. The maximum atomic E-state index is 12.7. The first kappa shape index (κ1) is 21.3. The molecule has 1 aromatic carbocycles. The number of benzene rings is 1. The van der Waals surface area contributed by atoms with Gasteiger partial charge in [0.15, 0.2) is 0 Å². The smallest absolute Gasteiger partial charge is 0.261 e. The number of nitrogens with one attached hydrogen (secondary N) is 1. The van der Waals surface area contributed by atoms with Crippen LogP contribution in [0.25, 0.3) is 11.4 Å². The molecule has 1 N–H and O–H groups in total. The summed E-state index contributed by atoms with van der Waals surface area (Å²) in [6.45, 7) is 4.92. The molecule has 0 aliphatic heterocycles. The van der Waals surface area contributed by atoms with Crippen LogP contribution in [0.3, 0.4) is 0 Å². The quantitative estimate of drug-likeness (QED) is 0.582. The van der Waals surface area contributed by atoms with Crippen molar-refractivity contribution in [3.63, 3.8) is 0 Å². The third-order valence-electron chi connectivity index (χ3n) is 4.78. The van der Waals surface area contributed by atoms with Gasteiger partial charge >= 0.3 is 0 Å². The number of hydrogen-bond donors (Lipinski definition) is 1. The van der Waals surface area contributed by atoms with Crippen LogP contribution in [0.5, 0.6) is 5.75 Å². The standard InChI is InChI=1S/C22H26N4O4/c1-4-13-26-15(2)9-10-17(22(26)28)21-24-20(30-25-21)12-11-19(27)23-14-16-7-5-6-8-18(16)29-3/h5-10H,4,11-14H2,1-3H3,(H,23,27). The molecule has 1 amide bonds. The summed E-state index contributed by atoms with van der Waals surface area (Å²) < 4.78 is 12.2. The van der Waals surface area contributed by atoms with Crippen LogP contribution in [-0.2, 0) is 24.3 Å². The van der Waals surface area contributed by atoms with E-state index in [1.807, 2.05) is 44.2 Å². The highest BCUT2D eigenvalue weighted by Crippen LogP contribution is 2.17. The summed E-state index contributed by atoms with van der Waals surface area (Å²) in [6, 6.07) is 11.1. The van der Waals surface area contributed by atoms with E-state index < -0.39 is 0 Å². The fourth-order valence-corrected chi connectivity index (χ4v) is 3.16. The second kappa shape index (κ2) is 9.87. The summed E-state index contributed by atoms with van der Waals surface area (Å²) in [5.41, 5.74) is 2.04. The Morgan fingerprint density at radius 2 is 2.03 bits per heavy atom. The largest absolute Gasteiger partial charge is 0.496 e. The molecule has 3 aromatic rings. The van der Waals surface area contributed by atoms with Crippen LogP contribution in [0.4, 0.5) is 0 Å². The Bertz CT molecular complexity index is 1070. The number of methoxy groups -OCH3 is 1. The van der Waals surface area contributed by atoms with E-state index in [4.69, 9.17) is 9.26 Å². The van der Waals surface area contributed by atoms with Crippen molar-refractivity contribution in [3.05, 3.63) is 63.9 Å². The van der Waals surface area contributed by atoms with Crippen LogP contribution in [0, 0.1) is 6.92 Å². The molecule has 2 aromatic heterocycles. The minimum Gasteiger partial charge on any atom is -0.496 e. The third kappa shape index (κ3) is 4.94. The predicted octanol–water partition coefficient (Wildman–Crippen LogP) is 2.87. The van der Waals surface area contributed by atoms with Gasteiger partial charge in [0.25, 0.3) is 5.56 Å². The first-order valence-corrected chi connectivity index (χ1v) is 9.95. The molecular weight excluding hydrogens is 384 g/mol. The summed E-state index contributed by atoms with van der Waals surface area (Å²) in [5, 5.41) is 6.78. The van der Waals surface area contributed by atoms with Crippen LogP contribution >= 0.6 is 0 Å². The monoisotopic (exact) mass is 410 g/mol. The zero-order valence-electron chi connectivity index (χ0n) is 17.5. The fourth-order valence-electron chi connectivity index (χ4n) is 3.16. The summed E-state index contributed by atoms with van der Waals surface area (Å²) in [4.78, 5) is 29.2. The normalized spacial score (nSPS) is 10.8. The van der Waals surface area contributed by atoms with Gasteiger partial charge in [-0.15, -0.1) is 0 Å². The molecule has 0 aliphatic carbocycles. The van der Waals surface area contributed by atoms with Crippen molar-refractivity contribution >= 4 is 5.91 Å². The lowest BCUT2D eigenvalue weighted by Crippen LogP contribution is -2.24. The molecule has 0 saturated carbocycles. The van der Waals surface area contributed by atoms with E-state index in [9.17, 15) is 9.59 Å². The number of carbonyl (C=O) groups is 1. The van der Waals surface area contributed by atoms with Gasteiger partial charge < -0.3 is 19.1 Å². The molecule has 0 saturated heterocycles. The lowest BCUT2D eigenvalue weighted by molar-refractivity contribution is -0.121. The molecule has 0 unspecified atom stereocenters. The SMILES string of the molecule is CCCn1c(C)ccc(-c2noc(CCC(=O)NCc3ccccc3OC)n2)c1=O. The van der Waals surface area contributed by atoms with Crippen molar-refractivity contribution in [1.29, 1.82) is 0 Å². The van der Waals surface area contributed by atoms with E-state index in [0.717, 1.165) is 23.4 Å². The van der Waals surface area contributed by atoms with Crippen molar-refractivity contribution in [2.45, 2.75) is 46.2 Å². The first-order valence-electron chi connectivity index (χ1n) is 9.95. The summed E-state index contributed by atoms with van der Waals surface area (Å²) in [7, 11) is 1.60. The fraction of sp³-hybridized carbons (Fsp3) is 0.364. The molecular formula is C22H26N4O4. The zero-order valence-corrected chi connectivity index (χ0v) is 17.5. The van der Waals surface area contributed by atoms with E-state index in [2.05, 4.69) is 15.5 Å². The molecule has 0 aliphatic rings. The predicted molar refractivity (Wildman–Crippen MR) is 112 cm³/mol. The van der Waals surface area contributed by atoms with E-state index in [-0.39, 0.29) is 23.7 Å². The van der Waals surface area contributed by atoms with Crippen molar-refractivity contribution in [1.82, 2.24) is 20.0 Å². The van der Waals surface area contributed by atoms with Gasteiger partial charge in [0.05, 0.1) is 12.7 Å². The Morgan fingerprint density at radius 1 is 1.23 bits per heavy atom. The van der Waals surface area contributed by atoms with Gasteiger partial charge in [0.2, 0.25) is 17.6 Å². The highest BCUT2D eigenvalue weighted by molar-refractivity contribution is 5.76. The summed E-state index contributed by atoms with van der Waals surface area (Å²) in [5.74, 6) is 1.15. The molecule has 0 bridgehead atoms. The highest BCUT2D eigenvalue weighted by Gasteiger charge is 2.15. The van der Waals surface area contributed by atoms with Crippen molar-refractivity contribution in [3.8, 4) is 17.1 Å². The van der Waals surface area contributed by atoms with Crippen LogP contribution in [-0.4, -0.2) is 27.7 Å². The van der Waals surface area contributed by atoms with Gasteiger partial charge in [-0.05, 0) is 31.5 Å². The molecule has 0 spiro atoms. The maximum Gasteiger partial charge on any atom is 0.261 e. The minimum atomic E-state index is -0.140. The number of rotatable bonds is 9. The number of aryl methyl sites for hydroxylation is 2. The third-order valence-corrected chi connectivity index (χ3v) is 4.78. The van der Waals surface area contributed by atoms with Crippen molar-refractivity contribution < 1.29 is 14.1 Å². The zero-order chi connectivity index (χ0) is 21.5. The lowest BCUT2D eigenvalue weighted by atomic mass is 10.2. The molecule has 0 fully saturated rings. The molecule has 3 rings (SSSR count). The van der Waals surface area contributed by atoms with E-state index in [0.29, 0.717) is 31.0 Å². The van der Waals surface area contributed by atoms with Crippen molar-refractivity contribution in [2.24, 2.45) is 0 Å². The number of nitrogens with zero attached hydrogens (tertiary/aromatic N) is 3. The van der Waals surface area contributed by atoms with Gasteiger partial charge in [0, 0.05) is 37.2 Å². The number of hydrogen-bond acceptors (Lipinski definition) is 6. The molecule has 2 heterocycles. The molecule has 8 heteroatoms. The molecule has 158 valence electrons. The Hall–Kier alpha value is -3.42. The van der Waals surface area contributed by atoms with Gasteiger partial charge in [-0.2, -0.15) is 4.98 Å². The van der Waals surface area contributed by atoms with Gasteiger partial charge in [-0.3, -0.25) is 9.59 Å². The Balaban J connectivity index is 1.60. The summed E-state index contributed by atoms with van der Waals surface area (Å²) >= 11 is 0. The van der Waals surface area contributed by atoms with E-state index in [1.165, 1.54) is 0 Å². The molecule has 30 heavy (non-hydrogen) atoms. The van der Waals surface area contributed by atoms with Crippen LogP contribution in [0.15, 0.2) is 45.7 Å². The number of carbonyl (C=O) groups excluding carboxylic acids is 1. The summed E-state index contributed by atoms with van der Waals surface area (Å²) in [6.07, 6.45) is 1.34. The number of para-hydroxylation sites is 1. The molecule has 0 radical (unpaired) electrons. The lowest BCUT2D eigenvalue weighted by Gasteiger charge is -2.09. The highest BCUT2D eigenvalue weighted by atomic mass is 16.5. The number of pyridine rings is 1. The number of aromatic nitrogens is 3. The van der Waals surface area contributed by atoms with E-state index in [1.54, 1.807) is 17.7 Å². The van der Waals surface area contributed by atoms with Gasteiger partial charge in [0.1, 0.15) is 5.75 Å². The van der Waals surface area contributed by atoms with Gasteiger partial charge in [-0.25, -0.2) is 0 Å². The van der Waals surface area contributed by atoms with Gasteiger partial charge in [-0.1, -0.05) is 30.3 Å². The number of ether oxygens (including phenoxy) is 1. The van der Waals surface area contributed by atoms with Crippen LogP contribution < -0.4 is 15.6 Å². The topological polar surface area (TPSA) is 99.2 Å². The van der Waals surface area contributed by atoms with Crippen LogP contribution in [0.2, 0.25) is 0 Å².